The molecule has 3 atom stereocenters. The van der Waals surface area contributed by atoms with E-state index >= 15 is 0 Å². The molecule has 1 aliphatic heterocycles. The van der Waals surface area contributed by atoms with E-state index in [1.165, 1.54) is 18.3 Å². The summed E-state index contributed by atoms with van der Waals surface area (Å²) >= 11 is 0. The lowest BCUT2D eigenvalue weighted by Gasteiger charge is -2.15. The van der Waals surface area contributed by atoms with Crippen molar-refractivity contribution >= 4 is 5.97 Å². The molecule has 2 aliphatic rings. The molecule has 24 heavy (non-hydrogen) atoms. The van der Waals surface area contributed by atoms with E-state index in [0.717, 1.165) is 44.1 Å². The van der Waals surface area contributed by atoms with Gasteiger partial charge in [0, 0.05) is 0 Å². The Hall–Kier alpha value is -1.35. The van der Waals surface area contributed by atoms with Crippen molar-refractivity contribution in [3.63, 3.8) is 0 Å². The van der Waals surface area contributed by atoms with Crippen LogP contribution in [0.1, 0.15) is 66.2 Å². The Morgan fingerprint density at radius 1 is 1.25 bits per heavy atom. The largest absolute Gasteiger partial charge is 0.469 e. The van der Waals surface area contributed by atoms with Crippen LogP contribution in [-0.4, -0.2) is 24.8 Å². The van der Waals surface area contributed by atoms with Crippen LogP contribution in [0.2, 0.25) is 0 Å². The predicted molar refractivity (Wildman–Crippen MR) is 97.8 cm³/mol. The Balaban J connectivity index is 2.16. The minimum Gasteiger partial charge on any atom is -0.469 e. The minimum atomic E-state index is -0.185. The number of ether oxygens (including phenoxy) is 2. The Kier molecular flexibility index (Phi) is 6.45. The van der Waals surface area contributed by atoms with Gasteiger partial charge in [-0.3, -0.25) is 4.79 Å². The second-order valence-corrected chi connectivity index (χ2v) is 7.55. The van der Waals surface area contributed by atoms with Gasteiger partial charge in [0.25, 0.3) is 0 Å². The van der Waals surface area contributed by atoms with Crippen LogP contribution < -0.4 is 0 Å². The number of esters is 1. The van der Waals surface area contributed by atoms with E-state index in [1.807, 2.05) is 6.92 Å². The molecule has 0 saturated carbocycles. The van der Waals surface area contributed by atoms with E-state index in [-0.39, 0.29) is 17.5 Å². The summed E-state index contributed by atoms with van der Waals surface area (Å²) in [6.45, 7) is 8.52. The molecular formula is C21H32O3. The van der Waals surface area contributed by atoms with Gasteiger partial charge in [0.05, 0.1) is 24.7 Å². The first kappa shape index (κ1) is 19.0. The summed E-state index contributed by atoms with van der Waals surface area (Å²) in [5.74, 6) is -0.341. The van der Waals surface area contributed by atoms with Crippen molar-refractivity contribution in [2.45, 2.75) is 77.9 Å². The summed E-state index contributed by atoms with van der Waals surface area (Å²) in [4.78, 5) is 11.9. The molecule has 0 amide bonds. The minimum absolute atomic E-state index is 0.0849. The molecule has 3 unspecified atom stereocenters. The molecule has 1 fully saturated rings. The quantitative estimate of drug-likeness (QED) is 0.400. The fraction of sp³-hybridized carbons (Fsp3) is 0.667. The Bertz CT molecular complexity index is 555. The van der Waals surface area contributed by atoms with Gasteiger partial charge in [0.1, 0.15) is 0 Å². The van der Waals surface area contributed by atoms with Gasteiger partial charge < -0.3 is 9.47 Å². The highest BCUT2D eigenvalue weighted by Crippen LogP contribution is 2.43. The first-order valence-electron chi connectivity index (χ1n) is 9.13. The summed E-state index contributed by atoms with van der Waals surface area (Å²) < 4.78 is 10.9. The highest BCUT2D eigenvalue weighted by Gasteiger charge is 2.50. The first-order chi connectivity index (χ1) is 11.4. The van der Waals surface area contributed by atoms with E-state index in [2.05, 4.69) is 39.0 Å². The van der Waals surface area contributed by atoms with E-state index in [0.29, 0.717) is 6.10 Å². The fourth-order valence-electron chi connectivity index (χ4n) is 3.39. The third-order valence-electron chi connectivity index (χ3n) is 5.47. The molecule has 0 aromatic heterocycles. The first-order valence-corrected chi connectivity index (χ1v) is 9.13. The zero-order chi connectivity index (χ0) is 17.7. The monoisotopic (exact) mass is 332 g/mol. The maximum absolute atomic E-state index is 11.9. The van der Waals surface area contributed by atoms with Crippen LogP contribution in [0.15, 0.2) is 34.9 Å². The van der Waals surface area contributed by atoms with Crippen molar-refractivity contribution in [1.29, 1.82) is 0 Å². The van der Waals surface area contributed by atoms with Crippen molar-refractivity contribution < 1.29 is 14.3 Å². The highest BCUT2D eigenvalue weighted by atomic mass is 16.6. The van der Waals surface area contributed by atoms with Gasteiger partial charge in [-0.2, -0.15) is 0 Å². The van der Waals surface area contributed by atoms with Gasteiger partial charge in [-0.1, -0.05) is 34.9 Å². The molecule has 0 N–H and O–H groups in total. The van der Waals surface area contributed by atoms with Crippen molar-refractivity contribution in [2.75, 3.05) is 7.11 Å². The van der Waals surface area contributed by atoms with Crippen molar-refractivity contribution in [2.24, 2.45) is 5.92 Å². The number of allylic oxidation sites excluding steroid dienone is 5. The molecule has 0 aromatic carbocycles. The maximum atomic E-state index is 11.9. The van der Waals surface area contributed by atoms with Gasteiger partial charge in [-0.05, 0) is 66.2 Å². The molecule has 0 radical (unpaired) electrons. The van der Waals surface area contributed by atoms with Crippen molar-refractivity contribution in [3.8, 4) is 0 Å². The van der Waals surface area contributed by atoms with Crippen LogP contribution in [0.25, 0.3) is 0 Å². The number of carbonyl (C=O) groups excluding carboxylic acids is 1. The number of methoxy groups -OCH3 is 1. The standard InChI is InChI=1S/C21H32O3/c1-15-7-6-14-21(4)19(24-21)13-10-16(2)9-12-18(11-8-15)17(3)20(22)23-5/h7,9,12,17,19H,6,8,10-11,13-14H2,1-5H3/b15-7+,16-9+,18-12+. The topological polar surface area (TPSA) is 38.8 Å². The summed E-state index contributed by atoms with van der Waals surface area (Å²) in [5, 5.41) is 0. The van der Waals surface area contributed by atoms with Crippen LogP contribution in [0.4, 0.5) is 0 Å². The van der Waals surface area contributed by atoms with Gasteiger partial charge in [0.2, 0.25) is 0 Å². The molecule has 0 bridgehead atoms. The predicted octanol–water partition coefficient (Wildman–Crippen LogP) is 5.13. The number of fused-ring (bicyclic) bond motifs is 1. The third-order valence-corrected chi connectivity index (χ3v) is 5.47. The molecule has 1 saturated heterocycles. The van der Waals surface area contributed by atoms with Crippen LogP contribution in [0.5, 0.6) is 0 Å². The zero-order valence-corrected chi connectivity index (χ0v) is 15.9. The lowest BCUT2D eigenvalue weighted by molar-refractivity contribution is -0.143. The summed E-state index contributed by atoms with van der Waals surface area (Å²) in [6, 6.07) is 0. The van der Waals surface area contributed by atoms with E-state index in [1.54, 1.807) is 0 Å². The number of epoxide rings is 1. The van der Waals surface area contributed by atoms with Crippen LogP contribution >= 0.6 is 0 Å². The van der Waals surface area contributed by atoms with E-state index < -0.39 is 0 Å². The number of carbonyl (C=O) groups is 1. The van der Waals surface area contributed by atoms with Crippen LogP contribution in [0.3, 0.4) is 0 Å². The number of rotatable bonds is 2. The maximum Gasteiger partial charge on any atom is 0.312 e. The second-order valence-electron chi connectivity index (χ2n) is 7.55. The van der Waals surface area contributed by atoms with Gasteiger partial charge in [0.15, 0.2) is 0 Å². The molecule has 3 nitrogen and oxygen atoms in total. The van der Waals surface area contributed by atoms with Gasteiger partial charge in [-0.25, -0.2) is 0 Å². The van der Waals surface area contributed by atoms with Crippen LogP contribution in [0, 0.1) is 5.92 Å². The molecule has 1 heterocycles. The van der Waals surface area contributed by atoms with Crippen molar-refractivity contribution in [3.05, 3.63) is 34.9 Å². The van der Waals surface area contributed by atoms with E-state index in [4.69, 9.17) is 9.47 Å². The highest BCUT2D eigenvalue weighted by molar-refractivity contribution is 5.75. The summed E-state index contributed by atoms with van der Waals surface area (Å²) in [6.07, 6.45) is 13.2. The van der Waals surface area contributed by atoms with E-state index in [9.17, 15) is 4.79 Å². The number of hydrogen-bond donors (Lipinski definition) is 0. The van der Waals surface area contributed by atoms with Crippen LogP contribution in [-0.2, 0) is 14.3 Å². The average Bonchev–Trinajstić information content (AvgIpc) is 3.21. The van der Waals surface area contributed by atoms with Crippen molar-refractivity contribution in [1.82, 2.24) is 0 Å². The molecule has 1 aliphatic carbocycles. The summed E-state index contributed by atoms with van der Waals surface area (Å²) in [5.41, 5.74) is 3.96. The number of hydrogen-bond acceptors (Lipinski definition) is 3. The van der Waals surface area contributed by atoms with Gasteiger partial charge in [-0.15, -0.1) is 0 Å². The smallest absolute Gasteiger partial charge is 0.312 e. The molecular weight excluding hydrogens is 300 g/mol. The third kappa shape index (κ3) is 5.07. The second kappa shape index (κ2) is 8.15. The normalized spacial score (nSPS) is 36.5. The fourth-order valence-corrected chi connectivity index (χ4v) is 3.39. The van der Waals surface area contributed by atoms with Gasteiger partial charge >= 0.3 is 5.97 Å². The Morgan fingerprint density at radius 2 is 2.00 bits per heavy atom. The Morgan fingerprint density at radius 3 is 2.71 bits per heavy atom. The molecule has 2 rings (SSSR count). The molecule has 134 valence electrons. The summed E-state index contributed by atoms with van der Waals surface area (Å²) in [7, 11) is 1.46. The Labute approximate surface area is 146 Å². The zero-order valence-electron chi connectivity index (χ0n) is 15.9. The molecule has 0 spiro atoms. The molecule has 3 heteroatoms. The molecule has 0 aromatic rings. The lowest BCUT2D eigenvalue weighted by atomic mass is 9.92. The average molecular weight is 332 g/mol. The lowest BCUT2D eigenvalue weighted by Crippen LogP contribution is -2.15. The SMILES string of the molecule is COC(=O)C(C)/C1=C/C=C(\C)CCC2OC2(C)CC/C=C(\C)CC1.